The average molecular weight is 686 g/mol. The minimum atomic E-state index is -0.889. The van der Waals surface area contributed by atoms with Crippen LogP contribution in [0, 0.1) is 5.92 Å². The highest BCUT2D eigenvalue weighted by Gasteiger charge is 2.24. The molecule has 0 aromatic heterocycles. The van der Waals surface area contributed by atoms with Gasteiger partial charge in [-0.1, -0.05) is 60.6 Å². The van der Waals surface area contributed by atoms with Crippen LogP contribution in [0.5, 0.6) is 0 Å². The molecule has 278 valence electrons. The van der Waals surface area contributed by atoms with E-state index < -0.39 is 35.8 Å². The molecule has 1 unspecified atom stereocenters. The lowest BCUT2D eigenvalue weighted by Gasteiger charge is -2.21. The summed E-state index contributed by atoms with van der Waals surface area (Å²) in [5, 5.41) is 15.5. The van der Waals surface area contributed by atoms with Crippen LogP contribution in [0.1, 0.15) is 60.5 Å². The zero-order valence-electron chi connectivity index (χ0n) is 30.7. The molecule has 1 atom stereocenters. The van der Waals surface area contributed by atoms with E-state index in [2.05, 4.69) is 37.6 Å². The molecule has 0 spiro atoms. The Labute approximate surface area is 287 Å². The van der Waals surface area contributed by atoms with Crippen molar-refractivity contribution in [2.24, 2.45) is 17.4 Å². The van der Waals surface area contributed by atoms with E-state index >= 15 is 0 Å². The molecule has 0 saturated carbocycles. The first-order valence-electron chi connectivity index (χ1n) is 16.2. The molecule has 0 fully saturated rings. The van der Waals surface area contributed by atoms with Crippen molar-refractivity contribution in [1.82, 2.24) is 31.5 Å². The Kier molecular flexibility index (Phi) is 37.5. The van der Waals surface area contributed by atoms with Gasteiger partial charge in [-0.25, -0.2) is 4.79 Å². The molecule has 0 bridgehead atoms. The summed E-state index contributed by atoms with van der Waals surface area (Å²) in [6.07, 6.45) is 1.29. The fraction of sp³-hybridized carbons (Fsp3) is 0.625. The van der Waals surface area contributed by atoms with Crippen LogP contribution in [-0.2, 0) is 35.3 Å². The summed E-state index contributed by atoms with van der Waals surface area (Å²) in [7, 11) is 4.95. The lowest BCUT2D eigenvalue weighted by atomic mass is 10.0. The predicted molar refractivity (Wildman–Crippen MR) is 191 cm³/mol. The van der Waals surface area contributed by atoms with Crippen LogP contribution >= 0.6 is 0 Å². The molecule has 0 aliphatic heterocycles. The standard InChI is InChI=1S/C23H37N7O6.C4H9NO.2C2H6.CH5N/c1-15(2)21(29-20(33)12-26-18(31)11-24)22(34)27-13-19(32)28-17-7-5-16(6-8-17)14-36-23(35)30(4)10-9-25-3;1-2-3-5-4-6;3*1-2/h5-8,15,21,25H,9-14,24H2,1-4H3,(H,26,31)(H,27,34)(H,28,32)(H,29,33);4H,2-3H2,1H3,(H,5,6);2*1-2H3;2H2,1H3. The number of nitrogens with two attached hydrogens (primary N) is 2. The molecule has 0 aliphatic rings. The topological polar surface area (TPSA) is 239 Å². The molecule has 0 aliphatic carbocycles. The van der Waals surface area contributed by atoms with Gasteiger partial charge in [-0.05, 0) is 44.1 Å². The van der Waals surface area contributed by atoms with Crippen LogP contribution in [-0.4, -0.2) is 107 Å². The van der Waals surface area contributed by atoms with Crippen molar-refractivity contribution in [1.29, 1.82) is 0 Å². The highest BCUT2D eigenvalue weighted by atomic mass is 16.6. The number of carbonyl (C=O) groups is 6. The molecular weight excluding hydrogens is 622 g/mol. The number of likely N-dealkylation sites (N-methyl/N-ethyl adjacent to an activating group) is 2. The number of carbonyl (C=O) groups excluding carboxylic acids is 6. The van der Waals surface area contributed by atoms with E-state index in [1.165, 1.54) is 11.9 Å². The van der Waals surface area contributed by atoms with Gasteiger partial charge in [0.1, 0.15) is 12.6 Å². The molecule has 16 nitrogen and oxygen atoms in total. The van der Waals surface area contributed by atoms with E-state index in [-0.39, 0.29) is 32.2 Å². The molecule has 48 heavy (non-hydrogen) atoms. The van der Waals surface area contributed by atoms with Gasteiger partial charge in [0.25, 0.3) is 0 Å². The van der Waals surface area contributed by atoms with Gasteiger partial charge in [-0.3, -0.25) is 24.0 Å². The number of ether oxygens (including phenoxy) is 1. The summed E-state index contributed by atoms with van der Waals surface area (Å²) in [4.78, 5) is 70.7. The number of benzene rings is 1. The molecule has 1 aromatic rings. The van der Waals surface area contributed by atoms with Gasteiger partial charge in [-0.15, -0.1) is 0 Å². The van der Waals surface area contributed by atoms with Crippen molar-refractivity contribution < 1.29 is 33.5 Å². The SMILES string of the molecule is CC.CC.CCCNC=O.CN.CNCCN(C)C(=O)OCc1ccc(NC(=O)CNC(=O)C(NC(=O)CNC(=O)CN)C(C)C)cc1. The second-order valence-corrected chi connectivity index (χ2v) is 9.38. The van der Waals surface area contributed by atoms with Crippen LogP contribution in [0.4, 0.5) is 10.5 Å². The number of amides is 6. The lowest BCUT2D eigenvalue weighted by molar-refractivity contribution is -0.131. The fourth-order valence-electron chi connectivity index (χ4n) is 3.01. The van der Waals surface area contributed by atoms with Gasteiger partial charge < -0.3 is 53.0 Å². The summed E-state index contributed by atoms with van der Waals surface area (Å²) in [5.74, 6) is -2.29. The Morgan fingerprint density at radius 1 is 0.896 bits per heavy atom. The first-order valence-corrected chi connectivity index (χ1v) is 16.2. The molecule has 6 amide bonds. The summed E-state index contributed by atoms with van der Waals surface area (Å²) in [5.41, 5.74) is 10.9. The van der Waals surface area contributed by atoms with Gasteiger partial charge in [0.15, 0.2) is 0 Å². The van der Waals surface area contributed by atoms with Crippen LogP contribution in [0.3, 0.4) is 0 Å². The maximum atomic E-state index is 12.5. The van der Waals surface area contributed by atoms with Crippen LogP contribution in [0.15, 0.2) is 24.3 Å². The van der Waals surface area contributed by atoms with Crippen molar-refractivity contribution >= 4 is 41.8 Å². The Bertz CT molecular complexity index is 995. The van der Waals surface area contributed by atoms with Crippen LogP contribution in [0.25, 0.3) is 0 Å². The molecular formula is C32H63N9O7. The number of nitrogens with zero attached hydrogens (tertiary/aromatic N) is 1. The van der Waals surface area contributed by atoms with Crippen molar-refractivity contribution in [3.63, 3.8) is 0 Å². The Morgan fingerprint density at radius 2 is 1.46 bits per heavy atom. The van der Waals surface area contributed by atoms with Crippen molar-refractivity contribution in [3.05, 3.63) is 29.8 Å². The minimum absolute atomic E-state index is 0.0885. The first-order chi connectivity index (χ1) is 23.0. The smallest absolute Gasteiger partial charge is 0.409 e. The van der Waals surface area contributed by atoms with E-state index in [4.69, 9.17) is 10.5 Å². The predicted octanol–water partition coefficient (Wildman–Crippen LogP) is 0.515. The summed E-state index contributed by atoms with van der Waals surface area (Å²) in [6, 6.07) is 5.84. The number of hydrogen-bond donors (Lipinski definition) is 8. The van der Waals surface area contributed by atoms with E-state index in [1.807, 2.05) is 34.6 Å². The molecule has 1 rings (SSSR count). The summed E-state index contributed by atoms with van der Waals surface area (Å²) in [6.45, 7) is 14.7. The van der Waals surface area contributed by atoms with Crippen LogP contribution < -0.4 is 43.4 Å². The third kappa shape index (κ3) is 28.0. The number of anilines is 1. The Hall–Kier alpha value is -4.28. The van der Waals surface area contributed by atoms with Gasteiger partial charge in [0.2, 0.25) is 30.0 Å². The number of rotatable bonds is 17. The number of nitrogens with one attached hydrogen (secondary N) is 6. The second kappa shape index (κ2) is 35.6. The van der Waals surface area contributed by atoms with Gasteiger partial charge in [0, 0.05) is 32.4 Å². The van der Waals surface area contributed by atoms with Crippen LogP contribution in [0.2, 0.25) is 0 Å². The molecule has 10 N–H and O–H groups in total. The Balaban J connectivity index is -0.000000701. The van der Waals surface area contributed by atoms with E-state index in [9.17, 15) is 28.8 Å². The van der Waals surface area contributed by atoms with E-state index in [0.717, 1.165) is 18.5 Å². The average Bonchev–Trinajstić information content (AvgIpc) is 3.12. The third-order valence-corrected chi connectivity index (χ3v) is 5.41. The van der Waals surface area contributed by atoms with E-state index in [1.54, 1.807) is 52.2 Å². The Morgan fingerprint density at radius 3 is 1.92 bits per heavy atom. The molecule has 16 heteroatoms. The maximum Gasteiger partial charge on any atom is 0.409 e. The third-order valence-electron chi connectivity index (χ3n) is 5.41. The largest absolute Gasteiger partial charge is 0.445 e. The normalized spacial score (nSPS) is 9.77. The van der Waals surface area contributed by atoms with E-state index in [0.29, 0.717) is 25.2 Å². The second-order valence-electron chi connectivity index (χ2n) is 9.38. The van der Waals surface area contributed by atoms with Gasteiger partial charge in [0.05, 0.1) is 19.6 Å². The lowest BCUT2D eigenvalue weighted by Crippen LogP contribution is -2.53. The zero-order chi connectivity index (χ0) is 37.9. The zero-order valence-corrected chi connectivity index (χ0v) is 30.7. The summed E-state index contributed by atoms with van der Waals surface area (Å²) >= 11 is 0. The molecule has 0 radical (unpaired) electrons. The summed E-state index contributed by atoms with van der Waals surface area (Å²) < 4.78 is 5.24. The first kappa shape index (κ1) is 50.6. The molecule has 1 aromatic carbocycles. The van der Waals surface area contributed by atoms with Gasteiger partial charge >= 0.3 is 6.09 Å². The highest BCUT2D eigenvalue weighted by Crippen LogP contribution is 2.11. The monoisotopic (exact) mass is 685 g/mol. The molecule has 0 heterocycles. The number of hydrogen-bond acceptors (Lipinski definition) is 10. The minimum Gasteiger partial charge on any atom is -0.445 e. The fourth-order valence-corrected chi connectivity index (χ4v) is 3.01. The van der Waals surface area contributed by atoms with Gasteiger partial charge in [-0.2, -0.15) is 0 Å². The van der Waals surface area contributed by atoms with Crippen molar-refractivity contribution in [3.8, 4) is 0 Å². The maximum absolute atomic E-state index is 12.5. The van der Waals surface area contributed by atoms with Crippen molar-refractivity contribution in [2.45, 2.75) is 67.5 Å². The highest BCUT2D eigenvalue weighted by molar-refractivity contribution is 5.96. The van der Waals surface area contributed by atoms with Crippen molar-refractivity contribution in [2.75, 3.05) is 65.7 Å². The molecule has 0 saturated heterocycles. The quantitative estimate of drug-likeness (QED) is 0.0835.